The van der Waals surface area contributed by atoms with Gasteiger partial charge in [-0.1, -0.05) is 304 Å². The molecule has 0 aliphatic rings. The zero-order chi connectivity index (χ0) is 48.9. The topological polar surface area (TPSA) is 78.9 Å². The standard InChI is InChI=1S/C61H118O6/c1-6-7-8-9-10-11-24-33-38-43-48-53-61(64)67-58(55-66-60(63)52-47-42-37-32-28-23-19-18-21-26-30-35-40-45-50-57(4)5)54-65-59(62)51-46-41-36-31-27-22-17-15-13-12-14-16-20-25-29-34-39-44-49-56(2)3/h56-58H,6-55H2,1-5H3/t58-/m0/s1. The molecule has 0 spiro atoms. The largest absolute Gasteiger partial charge is 0.462 e. The second-order valence-electron chi connectivity index (χ2n) is 21.9. The zero-order valence-corrected chi connectivity index (χ0v) is 46.0. The summed E-state index contributed by atoms with van der Waals surface area (Å²) in [5.74, 6) is 0.867. The van der Waals surface area contributed by atoms with E-state index < -0.39 is 6.10 Å². The molecule has 67 heavy (non-hydrogen) atoms. The number of ether oxygens (including phenoxy) is 3. The number of hydrogen-bond donors (Lipinski definition) is 0. The minimum absolute atomic E-state index is 0.0623. The molecule has 6 heteroatoms. The van der Waals surface area contributed by atoms with Crippen molar-refractivity contribution < 1.29 is 28.6 Å². The van der Waals surface area contributed by atoms with Crippen LogP contribution in [-0.2, 0) is 28.6 Å². The maximum Gasteiger partial charge on any atom is 0.306 e. The lowest BCUT2D eigenvalue weighted by molar-refractivity contribution is -0.167. The van der Waals surface area contributed by atoms with Crippen LogP contribution in [0.15, 0.2) is 0 Å². The van der Waals surface area contributed by atoms with E-state index in [1.165, 1.54) is 231 Å². The summed E-state index contributed by atoms with van der Waals surface area (Å²) in [6, 6.07) is 0. The minimum atomic E-state index is -0.762. The lowest BCUT2D eigenvalue weighted by Crippen LogP contribution is -2.30. The highest BCUT2D eigenvalue weighted by atomic mass is 16.6. The first kappa shape index (κ1) is 65.4. The van der Waals surface area contributed by atoms with Gasteiger partial charge in [0, 0.05) is 19.3 Å². The normalized spacial score (nSPS) is 12.0. The van der Waals surface area contributed by atoms with E-state index in [0.29, 0.717) is 19.3 Å². The van der Waals surface area contributed by atoms with Gasteiger partial charge in [0.1, 0.15) is 13.2 Å². The average molecular weight is 948 g/mol. The van der Waals surface area contributed by atoms with Crippen LogP contribution in [0.4, 0.5) is 0 Å². The van der Waals surface area contributed by atoms with Crippen LogP contribution in [0.5, 0.6) is 0 Å². The van der Waals surface area contributed by atoms with Gasteiger partial charge in [0.2, 0.25) is 0 Å². The third-order valence-corrected chi connectivity index (χ3v) is 14.0. The van der Waals surface area contributed by atoms with Gasteiger partial charge >= 0.3 is 17.9 Å². The van der Waals surface area contributed by atoms with Gasteiger partial charge in [-0.15, -0.1) is 0 Å². The molecule has 1 atom stereocenters. The Morgan fingerprint density at radius 1 is 0.284 bits per heavy atom. The second-order valence-corrected chi connectivity index (χ2v) is 21.9. The molecule has 0 fully saturated rings. The van der Waals surface area contributed by atoms with Gasteiger partial charge in [-0.3, -0.25) is 14.4 Å². The molecule has 0 amide bonds. The predicted molar refractivity (Wildman–Crippen MR) is 289 cm³/mol. The number of esters is 3. The number of unbranched alkanes of at least 4 members (excludes halogenated alkanes) is 40. The molecular formula is C61H118O6. The SMILES string of the molecule is CCCCCCCCCCCCCC(=O)O[C@@H](COC(=O)CCCCCCCCCCCCCCCCCCCCC(C)C)COC(=O)CCCCCCCCCCCCCCCCC(C)C. The summed E-state index contributed by atoms with van der Waals surface area (Å²) in [7, 11) is 0. The van der Waals surface area contributed by atoms with Crippen molar-refractivity contribution in [3.63, 3.8) is 0 Å². The van der Waals surface area contributed by atoms with Crippen LogP contribution in [0.1, 0.15) is 343 Å². The Morgan fingerprint density at radius 3 is 0.731 bits per heavy atom. The summed E-state index contributed by atoms with van der Waals surface area (Å²) in [5.41, 5.74) is 0. The van der Waals surface area contributed by atoms with Gasteiger partial charge in [0.25, 0.3) is 0 Å². The van der Waals surface area contributed by atoms with E-state index in [0.717, 1.165) is 69.6 Å². The third-order valence-electron chi connectivity index (χ3n) is 14.0. The van der Waals surface area contributed by atoms with Gasteiger partial charge in [0.15, 0.2) is 6.10 Å². The molecule has 0 aliphatic heterocycles. The van der Waals surface area contributed by atoms with Gasteiger partial charge in [-0.05, 0) is 31.1 Å². The Balaban J connectivity index is 4.20. The summed E-state index contributed by atoms with van der Waals surface area (Å²) >= 11 is 0. The Morgan fingerprint density at radius 2 is 0.493 bits per heavy atom. The molecule has 6 nitrogen and oxygen atoms in total. The maximum atomic E-state index is 12.8. The Labute approximate surface area is 418 Å². The van der Waals surface area contributed by atoms with Crippen LogP contribution >= 0.6 is 0 Å². The second kappa shape index (κ2) is 53.8. The first-order valence-electron chi connectivity index (χ1n) is 30.2. The zero-order valence-electron chi connectivity index (χ0n) is 46.0. The van der Waals surface area contributed by atoms with Crippen molar-refractivity contribution in [1.82, 2.24) is 0 Å². The smallest absolute Gasteiger partial charge is 0.306 e. The number of carbonyl (C=O) groups is 3. The summed E-state index contributed by atoms with van der Waals surface area (Å²) in [5, 5.41) is 0. The third kappa shape index (κ3) is 55.2. The van der Waals surface area contributed by atoms with E-state index >= 15 is 0 Å². The summed E-state index contributed by atoms with van der Waals surface area (Å²) in [4.78, 5) is 38.1. The molecular weight excluding hydrogens is 829 g/mol. The molecule has 0 aromatic heterocycles. The molecule has 0 aromatic carbocycles. The van der Waals surface area contributed by atoms with E-state index in [2.05, 4.69) is 34.6 Å². The molecule has 0 rings (SSSR count). The van der Waals surface area contributed by atoms with Crippen LogP contribution in [0, 0.1) is 11.8 Å². The first-order chi connectivity index (χ1) is 32.7. The summed E-state index contributed by atoms with van der Waals surface area (Å²) in [6.45, 7) is 11.4. The minimum Gasteiger partial charge on any atom is -0.462 e. The molecule has 0 saturated heterocycles. The van der Waals surface area contributed by atoms with Crippen molar-refractivity contribution >= 4 is 17.9 Å². The van der Waals surface area contributed by atoms with Gasteiger partial charge < -0.3 is 14.2 Å². The molecule has 0 saturated carbocycles. The summed E-state index contributed by atoms with van der Waals surface area (Å²) in [6.07, 6.45) is 58.2. The molecule has 0 radical (unpaired) electrons. The van der Waals surface area contributed by atoms with Crippen LogP contribution in [0.3, 0.4) is 0 Å². The lowest BCUT2D eigenvalue weighted by atomic mass is 10.0. The van der Waals surface area contributed by atoms with Gasteiger partial charge in [0.05, 0.1) is 0 Å². The quantitative estimate of drug-likeness (QED) is 0.0343. The van der Waals surface area contributed by atoms with Gasteiger partial charge in [-0.2, -0.15) is 0 Å². The molecule has 398 valence electrons. The molecule has 0 unspecified atom stereocenters. The molecule has 0 aromatic rings. The van der Waals surface area contributed by atoms with Crippen LogP contribution < -0.4 is 0 Å². The molecule has 0 aliphatic carbocycles. The van der Waals surface area contributed by atoms with E-state index in [9.17, 15) is 14.4 Å². The lowest BCUT2D eigenvalue weighted by Gasteiger charge is -2.18. The Kier molecular flexibility index (Phi) is 52.5. The highest BCUT2D eigenvalue weighted by Gasteiger charge is 2.19. The van der Waals surface area contributed by atoms with Crippen molar-refractivity contribution in [2.24, 2.45) is 11.8 Å². The number of carbonyl (C=O) groups excluding carboxylic acids is 3. The van der Waals surface area contributed by atoms with E-state index in [4.69, 9.17) is 14.2 Å². The molecule has 0 heterocycles. The van der Waals surface area contributed by atoms with Crippen LogP contribution in [0.2, 0.25) is 0 Å². The van der Waals surface area contributed by atoms with E-state index in [1.54, 1.807) is 0 Å². The monoisotopic (exact) mass is 947 g/mol. The number of hydrogen-bond acceptors (Lipinski definition) is 6. The fourth-order valence-electron chi connectivity index (χ4n) is 9.40. The van der Waals surface area contributed by atoms with Crippen molar-refractivity contribution in [3.05, 3.63) is 0 Å². The first-order valence-corrected chi connectivity index (χ1v) is 30.2. The average Bonchev–Trinajstić information content (AvgIpc) is 3.30. The van der Waals surface area contributed by atoms with E-state index in [-0.39, 0.29) is 31.1 Å². The van der Waals surface area contributed by atoms with Crippen molar-refractivity contribution in [2.75, 3.05) is 13.2 Å². The fourth-order valence-corrected chi connectivity index (χ4v) is 9.40. The summed E-state index contributed by atoms with van der Waals surface area (Å²) < 4.78 is 16.9. The molecule has 0 N–H and O–H groups in total. The van der Waals surface area contributed by atoms with Crippen LogP contribution in [-0.4, -0.2) is 37.2 Å². The Bertz CT molecular complexity index is 1020. The van der Waals surface area contributed by atoms with E-state index in [1.807, 2.05) is 0 Å². The number of rotatable bonds is 55. The fraction of sp³-hybridized carbons (Fsp3) is 0.951. The molecule has 0 bridgehead atoms. The Hall–Kier alpha value is -1.59. The maximum absolute atomic E-state index is 12.8. The van der Waals surface area contributed by atoms with Crippen molar-refractivity contribution in [2.45, 2.75) is 349 Å². The highest BCUT2D eigenvalue weighted by Crippen LogP contribution is 2.19. The van der Waals surface area contributed by atoms with Crippen molar-refractivity contribution in [1.29, 1.82) is 0 Å². The highest BCUT2D eigenvalue weighted by molar-refractivity contribution is 5.71. The van der Waals surface area contributed by atoms with Gasteiger partial charge in [-0.25, -0.2) is 0 Å². The van der Waals surface area contributed by atoms with Crippen molar-refractivity contribution in [3.8, 4) is 0 Å². The predicted octanol–water partition coefficient (Wildman–Crippen LogP) is 20.0. The van der Waals surface area contributed by atoms with Crippen LogP contribution in [0.25, 0.3) is 0 Å².